The highest BCUT2D eigenvalue weighted by atomic mass is 31.2. The summed E-state index contributed by atoms with van der Waals surface area (Å²) in [6.45, 7) is 4.83. The van der Waals surface area contributed by atoms with Gasteiger partial charge in [-0.3, -0.25) is 4.57 Å². The Morgan fingerprint density at radius 1 is 1.25 bits per heavy atom. The fourth-order valence-corrected chi connectivity index (χ4v) is 5.63. The molecule has 5 heteroatoms. The smallest absolute Gasteiger partial charge is 0.307 e. The second kappa shape index (κ2) is 4.43. The van der Waals surface area contributed by atoms with Gasteiger partial charge in [-0.2, -0.15) is 5.26 Å². The molecule has 20 heavy (non-hydrogen) atoms. The number of hydrogen-bond acceptors (Lipinski definition) is 4. The lowest BCUT2D eigenvalue weighted by atomic mass is 9.97. The van der Waals surface area contributed by atoms with Crippen LogP contribution < -0.4 is 0 Å². The first-order valence-electron chi connectivity index (χ1n) is 6.78. The summed E-state index contributed by atoms with van der Waals surface area (Å²) in [5, 5.41) is 8.50. The molecule has 2 aliphatic rings. The highest BCUT2D eigenvalue weighted by Gasteiger charge is 2.70. The molecule has 1 aliphatic heterocycles. The summed E-state index contributed by atoms with van der Waals surface area (Å²) >= 11 is 0. The summed E-state index contributed by atoms with van der Waals surface area (Å²) in [6.07, 6.45) is 0.547. The predicted octanol–water partition coefficient (Wildman–Crippen LogP) is 3.69. The monoisotopic (exact) mass is 291 g/mol. The van der Waals surface area contributed by atoms with Crippen LogP contribution in [0.15, 0.2) is 30.3 Å². The number of hydrogen-bond donors (Lipinski definition) is 0. The molecule has 0 aromatic heterocycles. The SMILES string of the molecule is CC1(C)COP(=O)(C2(c3ccccc3)CC2C#N)OC1. The molecule has 1 aromatic rings. The summed E-state index contributed by atoms with van der Waals surface area (Å²) in [5.41, 5.74) is 0.748. The van der Waals surface area contributed by atoms with E-state index in [1.165, 1.54) is 0 Å². The van der Waals surface area contributed by atoms with Gasteiger partial charge in [0.15, 0.2) is 0 Å². The third kappa shape index (κ3) is 1.93. The van der Waals surface area contributed by atoms with Crippen molar-refractivity contribution >= 4 is 7.60 Å². The van der Waals surface area contributed by atoms with E-state index in [0.717, 1.165) is 5.56 Å². The number of benzene rings is 1. The lowest BCUT2D eigenvalue weighted by Gasteiger charge is -2.38. The Morgan fingerprint density at radius 2 is 1.85 bits per heavy atom. The average molecular weight is 291 g/mol. The Balaban J connectivity index is 1.98. The van der Waals surface area contributed by atoms with Crippen LogP contribution in [0.2, 0.25) is 0 Å². The zero-order chi connectivity index (χ0) is 14.4. The Labute approximate surface area is 119 Å². The Hall–Kier alpha value is -1.14. The molecule has 0 spiro atoms. The molecular formula is C15H18NO3P. The molecule has 0 N–H and O–H groups in total. The average Bonchev–Trinajstić information content (AvgIpc) is 3.20. The van der Waals surface area contributed by atoms with Crippen LogP contribution in [0.1, 0.15) is 25.8 Å². The highest BCUT2D eigenvalue weighted by molar-refractivity contribution is 7.55. The lowest BCUT2D eigenvalue weighted by molar-refractivity contribution is 0.0362. The van der Waals surface area contributed by atoms with Gasteiger partial charge in [0.1, 0.15) is 5.16 Å². The zero-order valence-corrected chi connectivity index (χ0v) is 12.6. The van der Waals surface area contributed by atoms with Crippen molar-refractivity contribution in [3.63, 3.8) is 0 Å². The topological polar surface area (TPSA) is 59.3 Å². The van der Waals surface area contributed by atoms with Crippen LogP contribution in [0.4, 0.5) is 0 Å². The van der Waals surface area contributed by atoms with Gasteiger partial charge < -0.3 is 9.05 Å². The fraction of sp³-hybridized carbons (Fsp3) is 0.533. The number of nitriles is 1. The minimum absolute atomic E-state index is 0.136. The van der Waals surface area contributed by atoms with E-state index in [2.05, 4.69) is 6.07 Å². The van der Waals surface area contributed by atoms with Gasteiger partial charge >= 0.3 is 7.60 Å². The minimum Gasteiger partial charge on any atom is -0.307 e. The van der Waals surface area contributed by atoms with E-state index in [9.17, 15) is 9.83 Å². The molecule has 1 aromatic carbocycles. The van der Waals surface area contributed by atoms with E-state index < -0.39 is 12.8 Å². The van der Waals surface area contributed by atoms with Gasteiger partial charge in [-0.15, -0.1) is 0 Å². The predicted molar refractivity (Wildman–Crippen MR) is 75.1 cm³/mol. The maximum absolute atomic E-state index is 13.2. The second-order valence-electron chi connectivity index (χ2n) is 6.38. The maximum atomic E-state index is 13.2. The molecular weight excluding hydrogens is 273 g/mol. The highest BCUT2D eigenvalue weighted by Crippen LogP contribution is 2.80. The fourth-order valence-electron chi connectivity index (χ4n) is 2.74. The normalized spacial score (nSPS) is 34.1. The molecule has 3 rings (SSSR count). The number of nitrogens with zero attached hydrogens (tertiary/aromatic N) is 1. The number of rotatable bonds is 2. The van der Waals surface area contributed by atoms with E-state index in [1.807, 2.05) is 44.2 Å². The van der Waals surface area contributed by atoms with Crippen molar-refractivity contribution in [2.75, 3.05) is 13.2 Å². The minimum atomic E-state index is -3.30. The van der Waals surface area contributed by atoms with Gasteiger partial charge in [-0.1, -0.05) is 44.2 Å². The van der Waals surface area contributed by atoms with Crippen molar-refractivity contribution in [3.05, 3.63) is 35.9 Å². The Morgan fingerprint density at radius 3 is 2.35 bits per heavy atom. The second-order valence-corrected chi connectivity index (χ2v) is 8.69. The summed E-state index contributed by atoms with van der Waals surface area (Å²) < 4.78 is 24.5. The first kappa shape index (κ1) is 13.8. The summed E-state index contributed by atoms with van der Waals surface area (Å²) in [6, 6.07) is 11.7. The van der Waals surface area contributed by atoms with Crippen molar-refractivity contribution in [1.29, 1.82) is 5.26 Å². The van der Waals surface area contributed by atoms with Crippen molar-refractivity contribution in [1.82, 2.24) is 0 Å². The third-order valence-corrected chi connectivity index (χ3v) is 6.77. The van der Waals surface area contributed by atoms with Crippen LogP contribution in [-0.4, -0.2) is 13.2 Å². The summed E-state index contributed by atoms with van der Waals surface area (Å²) in [5.74, 6) is -0.294. The Kier molecular flexibility index (Phi) is 3.06. The van der Waals surface area contributed by atoms with Crippen molar-refractivity contribution in [2.45, 2.75) is 25.4 Å². The van der Waals surface area contributed by atoms with E-state index >= 15 is 0 Å². The maximum Gasteiger partial charge on any atom is 0.342 e. The van der Waals surface area contributed by atoms with Gasteiger partial charge in [0.2, 0.25) is 0 Å². The van der Waals surface area contributed by atoms with E-state index in [1.54, 1.807) is 0 Å². The van der Waals surface area contributed by atoms with Crippen LogP contribution in [0.3, 0.4) is 0 Å². The molecule has 1 saturated heterocycles. The van der Waals surface area contributed by atoms with Gasteiger partial charge in [0.25, 0.3) is 0 Å². The molecule has 0 amide bonds. The van der Waals surface area contributed by atoms with Gasteiger partial charge in [0, 0.05) is 5.41 Å². The molecule has 2 atom stereocenters. The van der Waals surface area contributed by atoms with E-state index in [4.69, 9.17) is 9.05 Å². The Bertz CT molecular complexity index is 593. The molecule has 4 nitrogen and oxygen atoms in total. The molecule has 1 saturated carbocycles. The molecule has 2 fully saturated rings. The van der Waals surface area contributed by atoms with Crippen LogP contribution in [0.25, 0.3) is 0 Å². The van der Waals surface area contributed by atoms with Gasteiger partial charge in [-0.25, -0.2) is 0 Å². The van der Waals surface area contributed by atoms with Gasteiger partial charge in [0.05, 0.1) is 25.2 Å². The third-order valence-electron chi connectivity index (χ3n) is 4.10. The largest absolute Gasteiger partial charge is 0.342 e. The van der Waals surface area contributed by atoms with Crippen LogP contribution >= 0.6 is 7.60 Å². The molecule has 1 aliphatic carbocycles. The van der Waals surface area contributed by atoms with Crippen molar-refractivity contribution in [2.24, 2.45) is 11.3 Å². The zero-order valence-electron chi connectivity index (χ0n) is 11.7. The molecule has 2 unspecified atom stereocenters. The van der Waals surface area contributed by atoms with Crippen LogP contribution in [0, 0.1) is 22.7 Å². The van der Waals surface area contributed by atoms with Crippen LogP contribution in [0.5, 0.6) is 0 Å². The quantitative estimate of drug-likeness (QED) is 0.780. The summed E-state index contributed by atoms with van der Waals surface area (Å²) in [4.78, 5) is 0. The molecule has 1 heterocycles. The first-order valence-corrected chi connectivity index (χ1v) is 8.32. The van der Waals surface area contributed by atoms with Gasteiger partial charge in [-0.05, 0) is 12.0 Å². The molecule has 0 radical (unpaired) electrons. The molecule has 106 valence electrons. The standard InChI is InChI=1S/C15H18NO3P/c1-14(2)10-18-20(17,19-11-14)15(8-13(15)9-16)12-6-4-3-5-7-12/h3-7,13H,8,10-11H2,1-2H3. The van der Waals surface area contributed by atoms with Crippen LogP contribution in [-0.2, 0) is 18.8 Å². The summed E-state index contributed by atoms with van der Waals surface area (Å²) in [7, 11) is -3.30. The van der Waals surface area contributed by atoms with E-state index in [-0.39, 0.29) is 11.3 Å². The van der Waals surface area contributed by atoms with Crippen molar-refractivity contribution < 1.29 is 13.6 Å². The first-order chi connectivity index (χ1) is 9.44. The molecule has 0 bridgehead atoms. The van der Waals surface area contributed by atoms with E-state index in [0.29, 0.717) is 19.6 Å². The lowest BCUT2D eigenvalue weighted by Crippen LogP contribution is -2.32. The van der Waals surface area contributed by atoms with Crippen molar-refractivity contribution in [3.8, 4) is 6.07 Å².